The van der Waals surface area contributed by atoms with Crippen molar-refractivity contribution in [1.29, 1.82) is 0 Å². The quantitative estimate of drug-likeness (QED) is 0.518. The number of aryl methyl sites for hydroxylation is 1. The van der Waals surface area contributed by atoms with Crippen LogP contribution in [-0.2, 0) is 10.0 Å². The van der Waals surface area contributed by atoms with Gasteiger partial charge in [-0.05, 0) is 32.0 Å². The van der Waals surface area contributed by atoms with Crippen molar-refractivity contribution in [2.45, 2.75) is 18.7 Å². The summed E-state index contributed by atoms with van der Waals surface area (Å²) in [5, 5.41) is 12.0. The van der Waals surface area contributed by atoms with Crippen LogP contribution in [0.15, 0.2) is 58.6 Å². The average Bonchev–Trinajstić information content (AvgIpc) is 2.47. The molecule has 2 aromatic rings. The van der Waals surface area contributed by atoms with Crippen LogP contribution >= 0.6 is 0 Å². The van der Waals surface area contributed by atoms with E-state index in [0.29, 0.717) is 17.0 Å². The molecule has 0 atom stereocenters. The molecule has 0 aliphatic rings. The minimum Gasteiger partial charge on any atom is -0.411 e. The van der Waals surface area contributed by atoms with Gasteiger partial charge >= 0.3 is 0 Å². The van der Waals surface area contributed by atoms with Crippen LogP contribution in [0.5, 0.6) is 0 Å². The Hall–Kier alpha value is -2.34. The van der Waals surface area contributed by atoms with Crippen molar-refractivity contribution in [2.75, 3.05) is 4.72 Å². The smallest absolute Gasteiger partial charge is 0.261 e. The fourth-order valence-electron chi connectivity index (χ4n) is 1.86. The van der Waals surface area contributed by atoms with Gasteiger partial charge < -0.3 is 5.21 Å². The van der Waals surface area contributed by atoms with Gasteiger partial charge in [0.05, 0.1) is 16.3 Å². The lowest BCUT2D eigenvalue weighted by molar-refractivity contribution is 0.319. The summed E-state index contributed by atoms with van der Waals surface area (Å²) in [6.07, 6.45) is 0. The average molecular weight is 304 g/mol. The summed E-state index contributed by atoms with van der Waals surface area (Å²) in [4.78, 5) is 0.182. The number of sulfonamides is 1. The number of oxime groups is 1. The van der Waals surface area contributed by atoms with E-state index in [0.717, 1.165) is 5.56 Å². The van der Waals surface area contributed by atoms with Crippen LogP contribution in [-0.4, -0.2) is 19.3 Å². The maximum Gasteiger partial charge on any atom is 0.261 e. The molecule has 110 valence electrons. The Morgan fingerprint density at radius 3 is 2.33 bits per heavy atom. The molecule has 0 aliphatic carbocycles. The highest BCUT2D eigenvalue weighted by Crippen LogP contribution is 2.21. The highest BCUT2D eigenvalue weighted by molar-refractivity contribution is 7.92. The number of anilines is 1. The van der Waals surface area contributed by atoms with Crippen LogP contribution in [0.25, 0.3) is 0 Å². The van der Waals surface area contributed by atoms with Crippen LogP contribution in [0.2, 0.25) is 0 Å². The fourth-order valence-corrected chi connectivity index (χ4v) is 2.94. The van der Waals surface area contributed by atoms with Crippen LogP contribution in [0.3, 0.4) is 0 Å². The lowest BCUT2D eigenvalue weighted by Gasteiger charge is -2.12. The van der Waals surface area contributed by atoms with Gasteiger partial charge in [0.2, 0.25) is 0 Å². The predicted octanol–water partition coefficient (Wildman–Crippen LogP) is 2.99. The SMILES string of the molecule is C/C(=N\O)c1ccccc1NS(=O)(=O)c1ccc(C)cc1. The van der Waals surface area contributed by atoms with Crippen LogP contribution in [0.4, 0.5) is 5.69 Å². The number of hydrogen-bond donors (Lipinski definition) is 2. The molecule has 0 aliphatic heterocycles. The number of benzene rings is 2. The van der Waals surface area contributed by atoms with Gasteiger partial charge in [0.15, 0.2) is 0 Å². The molecule has 0 amide bonds. The highest BCUT2D eigenvalue weighted by atomic mass is 32.2. The van der Waals surface area contributed by atoms with Gasteiger partial charge in [0.25, 0.3) is 10.0 Å². The Morgan fingerprint density at radius 2 is 1.71 bits per heavy atom. The number of nitrogens with one attached hydrogen (secondary N) is 1. The number of para-hydroxylation sites is 1. The minimum atomic E-state index is -3.68. The number of nitrogens with zero attached hydrogens (tertiary/aromatic N) is 1. The predicted molar refractivity (Wildman–Crippen MR) is 82.4 cm³/mol. The monoisotopic (exact) mass is 304 g/mol. The Bertz CT molecular complexity index is 766. The van der Waals surface area contributed by atoms with Crippen molar-refractivity contribution in [3.63, 3.8) is 0 Å². The van der Waals surface area contributed by atoms with E-state index in [-0.39, 0.29) is 4.90 Å². The van der Waals surface area contributed by atoms with E-state index >= 15 is 0 Å². The molecule has 6 heteroatoms. The first-order valence-corrected chi connectivity index (χ1v) is 7.80. The molecule has 2 N–H and O–H groups in total. The Labute approximate surface area is 124 Å². The number of rotatable bonds is 4. The van der Waals surface area contributed by atoms with Gasteiger partial charge in [0, 0.05) is 5.56 Å². The van der Waals surface area contributed by atoms with Crippen molar-refractivity contribution in [2.24, 2.45) is 5.16 Å². The summed E-state index contributed by atoms with van der Waals surface area (Å²) in [5.74, 6) is 0. The number of hydrogen-bond acceptors (Lipinski definition) is 4. The van der Waals surface area contributed by atoms with E-state index in [2.05, 4.69) is 9.88 Å². The molecule has 0 unspecified atom stereocenters. The zero-order valence-electron chi connectivity index (χ0n) is 11.7. The van der Waals surface area contributed by atoms with Crippen molar-refractivity contribution >= 4 is 21.4 Å². The second-order valence-electron chi connectivity index (χ2n) is 4.65. The van der Waals surface area contributed by atoms with Crippen molar-refractivity contribution in [1.82, 2.24) is 0 Å². The van der Waals surface area contributed by atoms with E-state index in [9.17, 15) is 8.42 Å². The van der Waals surface area contributed by atoms with E-state index < -0.39 is 10.0 Å². The molecular formula is C15H16N2O3S. The molecule has 21 heavy (non-hydrogen) atoms. The first-order chi connectivity index (χ1) is 9.94. The van der Waals surface area contributed by atoms with E-state index in [1.54, 1.807) is 55.5 Å². The second-order valence-corrected chi connectivity index (χ2v) is 6.33. The third-order valence-corrected chi connectivity index (χ3v) is 4.42. The Kier molecular flexibility index (Phi) is 4.28. The third-order valence-electron chi connectivity index (χ3n) is 3.04. The zero-order chi connectivity index (χ0) is 15.5. The molecule has 2 aromatic carbocycles. The van der Waals surface area contributed by atoms with Gasteiger partial charge in [0.1, 0.15) is 0 Å². The van der Waals surface area contributed by atoms with Gasteiger partial charge in [-0.1, -0.05) is 41.1 Å². The lowest BCUT2D eigenvalue weighted by atomic mass is 10.1. The molecular weight excluding hydrogens is 288 g/mol. The first kappa shape index (κ1) is 15.1. The molecule has 0 saturated heterocycles. The molecule has 0 radical (unpaired) electrons. The molecule has 2 rings (SSSR count). The molecule has 0 bridgehead atoms. The summed E-state index contributed by atoms with van der Waals surface area (Å²) in [7, 11) is -3.68. The van der Waals surface area contributed by atoms with Gasteiger partial charge in [-0.15, -0.1) is 0 Å². The van der Waals surface area contributed by atoms with E-state index in [1.165, 1.54) is 0 Å². The lowest BCUT2D eigenvalue weighted by Crippen LogP contribution is -2.15. The van der Waals surface area contributed by atoms with Crippen molar-refractivity contribution in [3.05, 3.63) is 59.7 Å². The van der Waals surface area contributed by atoms with Gasteiger partial charge in [-0.3, -0.25) is 4.72 Å². The van der Waals surface area contributed by atoms with Crippen molar-refractivity contribution < 1.29 is 13.6 Å². The van der Waals surface area contributed by atoms with Crippen LogP contribution in [0.1, 0.15) is 18.1 Å². The summed E-state index contributed by atoms with van der Waals surface area (Å²) in [6, 6.07) is 13.3. The standard InChI is InChI=1S/C15H16N2O3S/c1-11-7-9-13(10-8-11)21(19,20)17-15-6-4-3-5-14(15)12(2)16-18/h3-10,17-18H,1-2H3/b16-12+. The van der Waals surface area contributed by atoms with Crippen LogP contribution in [0, 0.1) is 6.92 Å². The van der Waals surface area contributed by atoms with E-state index in [1.807, 2.05) is 6.92 Å². The summed E-state index contributed by atoms with van der Waals surface area (Å²) >= 11 is 0. The Morgan fingerprint density at radius 1 is 1.10 bits per heavy atom. The molecule has 0 heterocycles. The summed E-state index contributed by atoms with van der Waals surface area (Å²) in [5.41, 5.74) is 2.21. The molecule has 5 nitrogen and oxygen atoms in total. The largest absolute Gasteiger partial charge is 0.411 e. The summed E-state index contributed by atoms with van der Waals surface area (Å²) in [6.45, 7) is 3.49. The maximum absolute atomic E-state index is 12.4. The maximum atomic E-state index is 12.4. The summed E-state index contributed by atoms with van der Waals surface area (Å²) < 4.78 is 27.2. The molecule has 0 spiro atoms. The molecule has 0 saturated carbocycles. The third kappa shape index (κ3) is 3.41. The second kappa shape index (κ2) is 5.97. The highest BCUT2D eigenvalue weighted by Gasteiger charge is 2.16. The molecule has 0 aromatic heterocycles. The van der Waals surface area contributed by atoms with Crippen LogP contribution < -0.4 is 4.72 Å². The van der Waals surface area contributed by atoms with Crippen molar-refractivity contribution in [3.8, 4) is 0 Å². The normalized spacial score (nSPS) is 12.2. The topological polar surface area (TPSA) is 78.8 Å². The Balaban J connectivity index is 2.40. The zero-order valence-corrected chi connectivity index (χ0v) is 12.6. The van der Waals surface area contributed by atoms with E-state index in [4.69, 9.17) is 5.21 Å². The fraction of sp³-hybridized carbons (Fsp3) is 0.133. The van der Waals surface area contributed by atoms with Gasteiger partial charge in [-0.2, -0.15) is 0 Å². The first-order valence-electron chi connectivity index (χ1n) is 6.31. The minimum absolute atomic E-state index is 0.182. The molecule has 0 fully saturated rings. The van der Waals surface area contributed by atoms with Gasteiger partial charge in [-0.25, -0.2) is 8.42 Å².